The number of carbonyl (C=O) groups is 3. The molecule has 0 aliphatic heterocycles. The van der Waals surface area contributed by atoms with Crippen molar-refractivity contribution < 1.29 is 30.1 Å². The van der Waals surface area contributed by atoms with Gasteiger partial charge in [-0.05, 0) is 31.0 Å². The van der Waals surface area contributed by atoms with Gasteiger partial charge in [-0.3, -0.25) is 24.4 Å². The minimum absolute atomic E-state index is 0. The number of carboxylic acid groups (broad SMARTS) is 2. The van der Waals surface area contributed by atoms with Crippen LogP contribution >= 0.6 is 0 Å². The summed E-state index contributed by atoms with van der Waals surface area (Å²) in [6.45, 7) is 0. The van der Waals surface area contributed by atoms with Crippen molar-refractivity contribution in [2.75, 3.05) is 0 Å². The summed E-state index contributed by atoms with van der Waals surface area (Å²) in [5, 5.41) is 20.6. The van der Waals surface area contributed by atoms with E-state index in [2.05, 4.69) is 20.5 Å². The monoisotopic (exact) mass is 474 g/mol. The van der Waals surface area contributed by atoms with E-state index in [-0.39, 0.29) is 24.2 Å². The molecule has 186 valence electrons. The maximum atomic E-state index is 11.6. The van der Waals surface area contributed by atoms with Gasteiger partial charge in [-0.2, -0.15) is 5.10 Å². The van der Waals surface area contributed by atoms with Crippen LogP contribution in [0.25, 0.3) is 0 Å². The molecular weight excluding hydrogens is 440 g/mol. The fraction of sp³-hybridized carbons (Fsp3) is 0.417. The number of pyridine rings is 2. The summed E-state index contributed by atoms with van der Waals surface area (Å²) >= 11 is 0. The van der Waals surface area contributed by atoms with E-state index in [4.69, 9.17) is 10.2 Å². The molecule has 5 N–H and O–H groups in total. The largest absolute Gasteiger partial charge is 0.481 e. The van der Waals surface area contributed by atoms with Crippen LogP contribution in [-0.4, -0.2) is 49.7 Å². The van der Waals surface area contributed by atoms with Gasteiger partial charge < -0.3 is 15.7 Å². The molecule has 0 saturated heterocycles. The van der Waals surface area contributed by atoms with Crippen molar-refractivity contribution >= 4 is 24.1 Å². The minimum atomic E-state index is -0.714. The smallest absolute Gasteiger partial charge is 0.303 e. The van der Waals surface area contributed by atoms with Gasteiger partial charge in [-0.1, -0.05) is 44.6 Å². The quantitative estimate of drug-likeness (QED) is 0.213. The molecule has 0 bridgehead atoms. The Morgan fingerprint density at radius 1 is 0.794 bits per heavy atom. The van der Waals surface area contributed by atoms with Gasteiger partial charge in [0.15, 0.2) is 0 Å². The molecule has 2 aromatic heterocycles. The highest BCUT2D eigenvalue weighted by Crippen LogP contribution is 2.10. The topological polar surface area (TPSA) is 173 Å². The van der Waals surface area contributed by atoms with Crippen molar-refractivity contribution in [3.8, 4) is 0 Å². The first-order valence-electron chi connectivity index (χ1n) is 11.1. The van der Waals surface area contributed by atoms with Gasteiger partial charge in [0.1, 0.15) is 0 Å². The van der Waals surface area contributed by atoms with Crippen molar-refractivity contribution in [3.63, 3.8) is 0 Å². The first-order chi connectivity index (χ1) is 16.0. The molecule has 0 aliphatic rings. The number of amides is 1. The Labute approximate surface area is 199 Å². The van der Waals surface area contributed by atoms with E-state index >= 15 is 0 Å². The molecule has 0 radical (unpaired) electrons. The molecule has 1 amide bonds. The second kappa shape index (κ2) is 20.0. The summed E-state index contributed by atoms with van der Waals surface area (Å²) in [7, 11) is 0. The van der Waals surface area contributed by atoms with Crippen molar-refractivity contribution in [2.45, 2.75) is 64.2 Å². The number of carbonyl (C=O) groups excluding carboxylic acids is 1. The lowest BCUT2D eigenvalue weighted by molar-refractivity contribution is -0.138. The summed E-state index contributed by atoms with van der Waals surface area (Å²) in [5.74, 6) is -1.72. The Balaban J connectivity index is 0.000000624. The Hall–Kier alpha value is -3.66. The van der Waals surface area contributed by atoms with E-state index in [0.717, 1.165) is 56.9 Å². The standard InChI is InChI=1S/C12H10N4O.C12H22O4.H2O/c17-12(11-4-2-6-14-9-11)16-15-8-10-3-1-5-13-7-10;13-11(14)9-7-5-3-1-2-4-6-8-10-12(15)16;/h1-9H,(H,16,17);1-10H2,(H,13,14)(H,15,16);1H2/b15-8+;;. The van der Waals surface area contributed by atoms with Crippen LogP contribution in [0.5, 0.6) is 0 Å². The molecule has 0 atom stereocenters. The molecule has 0 spiro atoms. The molecule has 2 heterocycles. The van der Waals surface area contributed by atoms with Crippen LogP contribution in [-0.2, 0) is 9.59 Å². The molecule has 10 nitrogen and oxygen atoms in total. The highest BCUT2D eigenvalue weighted by atomic mass is 16.4. The molecule has 2 aromatic rings. The van der Waals surface area contributed by atoms with Crippen LogP contribution in [0, 0.1) is 0 Å². The second-order valence-corrected chi connectivity index (χ2v) is 7.34. The average molecular weight is 475 g/mol. The van der Waals surface area contributed by atoms with Crippen LogP contribution in [0.1, 0.15) is 80.1 Å². The number of hydrogen-bond acceptors (Lipinski definition) is 6. The van der Waals surface area contributed by atoms with Crippen LogP contribution in [0.3, 0.4) is 0 Å². The number of carboxylic acids is 2. The molecular formula is C24H34N4O6. The van der Waals surface area contributed by atoms with Gasteiger partial charge in [0.05, 0.1) is 11.8 Å². The molecule has 2 rings (SSSR count). The molecule has 0 unspecified atom stereocenters. The molecule has 0 aromatic carbocycles. The van der Waals surface area contributed by atoms with Gasteiger partial charge in [0.2, 0.25) is 0 Å². The van der Waals surface area contributed by atoms with Gasteiger partial charge in [0.25, 0.3) is 5.91 Å². The molecule has 0 aliphatic carbocycles. The van der Waals surface area contributed by atoms with Gasteiger partial charge >= 0.3 is 11.9 Å². The van der Waals surface area contributed by atoms with E-state index < -0.39 is 11.9 Å². The Kier molecular flexibility index (Phi) is 17.8. The predicted molar refractivity (Wildman–Crippen MR) is 129 cm³/mol. The summed E-state index contributed by atoms with van der Waals surface area (Å²) in [6.07, 6.45) is 16.5. The first kappa shape index (κ1) is 30.3. The Morgan fingerprint density at radius 3 is 1.74 bits per heavy atom. The predicted octanol–water partition coefficient (Wildman–Crippen LogP) is 3.47. The number of nitrogens with zero attached hydrogens (tertiary/aromatic N) is 3. The van der Waals surface area contributed by atoms with Gasteiger partial charge in [-0.15, -0.1) is 0 Å². The van der Waals surface area contributed by atoms with Crippen LogP contribution in [0.2, 0.25) is 0 Å². The third-order valence-corrected chi connectivity index (χ3v) is 4.52. The van der Waals surface area contributed by atoms with Gasteiger partial charge in [-0.25, -0.2) is 5.43 Å². The minimum Gasteiger partial charge on any atom is -0.481 e. The van der Waals surface area contributed by atoms with E-state index in [0.29, 0.717) is 5.56 Å². The van der Waals surface area contributed by atoms with E-state index in [1.165, 1.54) is 12.4 Å². The molecule has 34 heavy (non-hydrogen) atoms. The number of nitrogens with one attached hydrogen (secondary N) is 1. The van der Waals surface area contributed by atoms with E-state index in [1.54, 1.807) is 36.8 Å². The first-order valence-corrected chi connectivity index (χ1v) is 11.1. The highest BCUT2D eigenvalue weighted by Gasteiger charge is 2.02. The molecule has 0 fully saturated rings. The number of aromatic nitrogens is 2. The Bertz CT molecular complexity index is 825. The lowest BCUT2D eigenvalue weighted by Gasteiger charge is -2.00. The summed E-state index contributed by atoms with van der Waals surface area (Å²) < 4.78 is 0. The fourth-order valence-electron chi connectivity index (χ4n) is 2.79. The summed E-state index contributed by atoms with van der Waals surface area (Å²) in [6, 6.07) is 7.00. The number of rotatable bonds is 14. The number of hydrazone groups is 1. The zero-order valence-corrected chi connectivity index (χ0v) is 19.2. The van der Waals surface area contributed by atoms with Gasteiger partial charge in [0, 0.05) is 43.2 Å². The zero-order chi connectivity index (χ0) is 24.2. The van der Waals surface area contributed by atoms with E-state index in [9.17, 15) is 14.4 Å². The summed E-state index contributed by atoms with van der Waals surface area (Å²) in [4.78, 5) is 39.8. The zero-order valence-electron chi connectivity index (χ0n) is 19.2. The van der Waals surface area contributed by atoms with Crippen molar-refractivity contribution in [1.29, 1.82) is 0 Å². The number of aliphatic carboxylic acids is 2. The maximum Gasteiger partial charge on any atom is 0.303 e. The molecule has 0 saturated carbocycles. The third kappa shape index (κ3) is 17.0. The van der Waals surface area contributed by atoms with Crippen LogP contribution in [0.15, 0.2) is 54.2 Å². The second-order valence-electron chi connectivity index (χ2n) is 7.34. The highest BCUT2D eigenvalue weighted by molar-refractivity contribution is 5.94. The van der Waals surface area contributed by atoms with E-state index in [1.807, 2.05) is 6.07 Å². The number of hydrogen-bond donors (Lipinski definition) is 3. The average Bonchev–Trinajstić information content (AvgIpc) is 2.81. The maximum absolute atomic E-state index is 11.6. The van der Waals surface area contributed by atoms with Crippen molar-refractivity contribution in [3.05, 3.63) is 60.2 Å². The summed E-state index contributed by atoms with van der Waals surface area (Å²) in [5.41, 5.74) is 3.70. The van der Waals surface area contributed by atoms with Crippen molar-refractivity contribution in [2.24, 2.45) is 5.10 Å². The van der Waals surface area contributed by atoms with Crippen LogP contribution < -0.4 is 5.43 Å². The lowest BCUT2D eigenvalue weighted by Crippen LogP contribution is -2.17. The van der Waals surface area contributed by atoms with Crippen LogP contribution in [0.4, 0.5) is 0 Å². The molecule has 10 heteroatoms. The Morgan fingerprint density at radius 2 is 1.29 bits per heavy atom. The third-order valence-electron chi connectivity index (χ3n) is 4.52. The normalized spacial score (nSPS) is 10.0. The van der Waals surface area contributed by atoms with Crippen molar-refractivity contribution in [1.82, 2.24) is 15.4 Å². The number of unbranched alkanes of at least 4 members (excludes halogenated alkanes) is 7. The lowest BCUT2D eigenvalue weighted by atomic mass is 10.1. The SMILES string of the molecule is O.O=C(N/N=C/c1cccnc1)c1cccnc1.O=C(O)CCCCCCCCCCC(=O)O. The fourth-order valence-corrected chi connectivity index (χ4v) is 2.79.